The van der Waals surface area contributed by atoms with Crippen molar-refractivity contribution in [3.63, 3.8) is 0 Å². The molecule has 1 saturated carbocycles. The molecule has 2 heterocycles. The highest BCUT2D eigenvalue weighted by atomic mass is 127. The Morgan fingerprint density at radius 2 is 1.93 bits per heavy atom. The van der Waals surface area contributed by atoms with Crippen LogP contribution in [0.2, 0.25) is 0 Å². The number of rotatable bonds is 9. The molecule has 0 aromatic heterocycles. The number of aliphatic imine (C=N–C) groups is 1. The third kappa shape index (κ3) is 8.83. The second-order valence-corrected chi connectivity index (χ2v) is 7.76. The predicted octanol–water partition coefficient (Wildman–Crippen LogP) is 3.05. The van der Waals surface area contributed by atoms with E-state index in [2.05, 4.69) is 17.1 Å². The van der Waals surface area contributed by atoms with Gasteiger partial charge in [-0.25, -0.2) is 0 Å². The highest BCUT2D eigenvalue weighted by Crippen LogP contribution is 2.28. The topological polar surface area (TPSA) is 55.3 Å². The van der Waals surface area contributed by atoms with Gasteiger partial charge in [-0.1, -0.05) is 0 Å². The van der Waals surface area contributed by atoms with Crippen LogP contribution in [0.3, 0.4) is 0 Å². The van der Waals surface area contributed by atoms with Gasteiger partial charge in [0.15, 0.2) is 5.96 Å². The van der Waals surface area contributed by atoms with Crippen molar-refractivity contribution in [1.29, 1.82) is 0 Å². The van der Waals surface area contributed by atoms with E-state index in [0.29, 0.717) is 12.2 Å². The maximum atomic E-state index is 6.12. The molecular weight excluding hydrogens is 457 g/mol. The van der Waals surface area contributed by atoms with Crippen LogP contribution in [0.1, 0.15) is 51.9 Å². The van der Waals surface area contributed by atoms with Gasteiger partial charge in [0.05, 0.1) is 32.0 Å². The summed E-state index contributed by atoms with van der Waals surface area (Å²) in [6, 6.07) is 0. The van der Waals surface area contributed by atoms with Gasteiger partial charge in [-0.2, -0.15) is 0 Å². The predicted molar refractivity (Wildman–Crippen MR) is 119 cm³/mol. The summed E-state index contributed by atoms with van der Waals surface area (Å²) >= 11 is 0. The Hall–Kier alpha value is -0.120. The van der Waals surface area contributed by atoms with Gasteiger partial charge in [-0.05, 0) is 57.8 Å². The molecule has 0 radical (unpaired) electrons. The van der Waals surface area contributed by atoms with Crippen molar-refractivity contribution in [2.75, 3.05) is 52.6 Å². The monoisotopic (exact) mass is 495 g/mol. The first kappa shape index (κ1) is 23.2. The average Bonchev–Trinajstić information content (AvgIpc) is 3.51. The summed E-state index contributed by atoms with van der Waals surface area (Å²) in [5.41, 5.74) is 0. The molecule has 2 aliphatic heterocycles. The van der Waals surface area contributed by atoms with Crippen LogP contribution in [0.25, 0.3) is 0 Å². The lowest BCUT2D eigenvalue weighted by molar-refractivity contribution is -0.0721. The Kier molecular flexibility index (Phi) is 11.3. The average molecular weight is 495 g/mol. The van der Waals surface area contributed by atoms with E-state index < -0.39 is 0 Å². The van der Waals surface area contributed by atoms with Gasteiger partial charge in [-0.15, -0.1) is 24.0 Å². The Labute approximate surface area is 181 Å². The van der Waals surface area contributed by atoms with Crippen LogP contribution >= 0.6 is 24.0 Å². The van der Waals surface area contributed by atoms with Gasteiger partial charge in [0.2, 0.25) is 0 Å². The number of ether oxygens (including phenoxy) is 3. The van der Waals surface area contributed by atoms with Crippen molar-refractivity contribution in [3.05, 3.63) is 0 Å². The van der Waals surface area contributed by atoms with E-state index in [1.807, 2.05) is 0 Å². The summed E-state index contributed by atoms with van der Waals surface area (Å²) in [7, 11) is 0. The second kappa shape index (κ2) is 13.2. The van der Waals surface area contributed by atoms with Crippen LogP contribution in [0, 0.1) is 5.92 Å². The van der Waals surface area contributed by atoms with Crippen LogP contribution in [0.5, 0.6) is 0 Å². The van der Waals surface area contributed by atoms with Crippen molar-refractivity contribution in [2.45, 2.75) is 64.1 Å². The number of nitrogens with one attached hydrogen (secondary N) is 1. The zero-order valence-corrected chi connectivity index (χ0v) is 19.2. The molecule has 1 atom stereocenters. The van der Waals surface area contributed by atoms with E-state index in [1.165, 1.54) is 25.7 Å². The first-order valence-electron chi connectivity index (χ1n) is 10.7. The van der Waals surface area contributed by atoms with Gasteiger partial charge in [-0.3, -0.25) is 4.99 Å². The number of hydrogen-bond donors (Lipinski definition) is 1. The fourth-order valence-electron chi connectivity index (χ4n) is 3.59. The lowest BCUT2D eigenvalue weighted by atomic mass is 10.1. The lowest BCUT2D eigenvalue weighted by Gasteiger charge is -2.35. The van der Waals surface area contributed by atoms with Gasteiger partial charge in [0.1, 0.15) is 0 Å². The fourth-order valence-corrected chi connectivity index (χ4v) is 3.59. The zero-order valence-electron chi connectivity index (χ0n) is 16.9. The van der Waals surface area contributed by atoms with E-state index in [0.717, 1.165) is 83.7 Å². The molecule has 0 aromatic rings. The molecular formula is C20H38IN3O3. The van der Waals surface area contributed by atoms with Crippen molar-refractivity contribution < 1.29 is 14.2 Å². The SMILES string of the molecule is CCNC(=NCCOCC1CC1)N1CCC(OCC2CCCCO2)CC1.I. The lowest BCUT2D eigenvalue weighted by Crippen LogP contribution is -2.47. The van der Waals surface area contributed by atoms with Crippen LogP contribution in [-0.4, -0.2) is 75.7 Å². The number of guanidine groups is 1. The van der Waals surface area contributed by atoms with Gasteiger partial charge in [0, 0.05) is 32.8 Å². The summed E-state index contributed by atoms with van der Waals surface area (Å²) in [6.07, 6.45) is 9.12. The third-order valence-electron chi connectivity index (χ3n) is 5.42. The second-order valence-electron chi connectivity index (χ2n) is 7.76. The van der Waals surface area contributed by atoms with E-state index in [4.69, 9.17) is 19.2 Å². The standard InChI is InChI=1S/C20H37N3O3.HI/c1-2-21-20(22-10-14-24-15-17-6-7-17)23-11-8-18(9-12-23)26-16-19-5-3-4-13-25-19;/h17-19H,2-16H2,1H3,(H,21,22);1H. The van der Waals surface area contributed by atoms with Gasteiger partial charge >= 0.3 is 0 Å². The summed E-state index contributed by atoms with van der Waals surface area (Å²) < 4.78 is 17.6. The quantitative estimate of drug-likeness (QED) is 0.231. The first-order chi connectivity index (χ1) is 12.8. The fraction of sp³-hybridized carbons (Fsp3) is 0.950. The Morgan fingerprint density at radius 1 is 1.11 bits per heavy atom. The maximum absolute atomic E-state index is 6.12. The molecule has 0 spiro atoms. The third-order valence-corrected chi connectivity index (χ3v) is 5.42. The molecule has 0 bridgehead atoms. The minimum Gasteiger partial charge on any atom is -0.379 e. The Bertz CT molecular complexity index is 421. The molecule has 1 unspecified atom stereocenters. The van der Waals surface area contributed by atoms with E-state index in [-0.39, 0.29) is 24.0 Å². The number of nitrogens with zero attached hydrogens (tertiary/aromatic N) is 2. The minimum absolute atomic E-state index is 0. The smallest absolute Gasteiger partial charge is 0.193 e. The molecule has 3 rings (SSSR count). The van der Waals surface area contributed by atoms with Crippen molar-refractivity contribution in [2.24, 2.45) is 10.9 Å². The van der Waals surface area contributed by atoms with Gasteiger partial charge in [0.25, 0.3) is 0 Å². The largest absolute Gasteiger partial charge is 0.379 e. The van der Waals surface area contributed by atoms with Gasteiger partial charge < -0.3 is 24.4 Å². The van der Waals surface area contributed by atoms with E-state index >= 15 is 0 Å². The molecule has 27 heavy (non-hydrogen) atoms. The van der Waals surface area contributed by atoms with Crippen molar-refractivity contribution in [1.82, 2.24) is 10.2 Å². The summed E-state index contributed by atoms with van der Waals surface area (Å²) in [4.78, 5) is 7.11. The number of piperidine rings is 1. The number of likely N-dealkylation sites (tertiary alicyclic amines) is 1. The molecule has 7 heteroatoms. The molecule has 0 amide bonds. The molecule has 3 aliphatic rings. The molecule has 6 nitrogen and oxygen atoms in total. The summed E-state index contributed by atoms with van der Waals surface area (Å²) in [5.74, 6) is 1.85. The highest BCUT2D eigenvalue weighted by Gasteiger charge is 2.24. The highest BCUT2D eigenvalue weighted by molar-refractivity contribution is 14.0. The van der Waals surface area contributed by atoms with Crippen molar-refractivity contribution >= 4 is 29.9 Å². The maximum Gasteiger partial charge on any atom is 0.193 e. The summed E-state index contributed by atoms with van der Waals surface area (Å²) in [5, 5.41) is 3.42. The zero-order chi connectivity index (χ0) is 18.0. The van der Waals surface area contributed by atoms with Crippen molar-refractivity contribution in [3.8, 4) is 0 Å². The first-order valence-corrected chi connectivity index (χ1v) is 10.7. The van der Waals surface area contributed by atoms with Crippen LogP contribution in [0.4, 0.5) is 0 Å². The normalized spacial score (nSPS) is 24.6. The molecule has 1 N–H and O–H groups in total. The Balaban J connectivity index is 0.00000261. The Morgan fingerprint density at radius 3 is 2.59 bits per heavy atom. The molecule has 1 aliphatic carbocycles. The number of halogens is 1. The minimum atomic E-state index is 0. The molecule has 3 fully saturated rings. The van der Waals surface area contributed by atoms with Crippen LogP contribution in [0.15, 0.2) is 4.99 Å². The van der Waals surface area contributed by atoms with E-state index in [1.54, 1.807) is 0 Å². The van der Waals surface area contributed by atoms with Crippen LogP contribution in [-0.2, 0) is 14.2 Å². The molecule has 158 valence electrons. The molecule has 2 saturated heterocycles. The number of hydrogen-bond acceptors (Lipinski definition) is 4. The van der Waals surface area contributed by atoms with Crippen LogP contribution < -0.4 is 5.32 Å². The van der Waals surface area contributed by atoms with E-state index in [9.17, 15) is 0 Å². The molecule has 0 aromatic carbocycles. The summed E-state index contributed by atoms with van der Waals surface area (Å²) in [6.45, 7) is 9.08.